The van der Waals surface area contributed by atoms with Gasteiger partial charge in [0, 0.05) is 21.1 Å². The predicted molar refractivity (Wildman–Crippen MR) is 69.0 cm³/mol. The van der Waals surface area contributed by atoms with Crippen LogP contribution in [0.2, 0.25) is 0 Å². The molecule has 0 unspecified atom stereocenters. The van der Waals surface area contributed by atoms with Crippen molar-refractivity contribution in [2.75, 3.05) is 4.90 Å². The highest BCUT2D eigenvalue weighted by Gasteiger charge is 2.33. The fraction of sp³-hybridized carbons (Fsp3) is 0.0909. The Morgan fingerprint density at radius 3 is 2.45 bits per heavy atom. The number of anilines is 1. The molecule has 0 fully saturated rings. The molecule has 1 aliphatic heterocycles. The molecule has 0 radical (unpaired) electrons. The molecule has 0 saturated heterocycles. The van der Waals surface area contributed by atoms with Gasteiger partial charge in [-0.25, -0.2) is 13.3 Å². The van der Waals surface area contributed by atoms with E-state index >= 15 is 0 Å². The van der Waals surface area contributed by atoms with Gasteiger partial charge in [-0.1, -0.05) is 12.1 Å². The van der Waals surface area contributed by atoms with Gasteiger partial charge in [-0.05, 0) is 24.6 Å². The van der Waals surface area contributed by atoms with E-state index in [0.29, 0.717) is 0 Å². The van der Waals surface area contributed by atoms with Crippen molar-refractivity contribution < 1.29 is 18.0 Å². The number of benzene rings is 1. The van der Waals surface area contributed by atoms with Crippen LogP contribution in [0, 0.1) is 0 Å². The second kappa shape index (κ2) is 4.80. The molecule has 2 rings (SSSR count). The van der Waals surface area contributed by atoms with E-state index in [2.05, 4.69) is 9.43 Å². The lowest BCUT2D eigenvalue weighted by Crippen LogP contribution is -2.31. The van der Waals surface area contributed by atoms with E-state index in [-0.39, 0.29) is 11.3 Å². The molecule has 9 heteroatoms. The summed E-state index contributed by atoms with van der Waals surface area (Å²) in [6.07, 6.45) is 1.11. The van der Waals surface area contributed by atoms with Crippen LogP contribution in [0.1, 0.15) is 6.92 Å². The number of carbonyl (C=O) groups excluding carboxylic acids is 2. The molecule has 0 saturated carbocycles. The standard InChI is InChI=1S/C11H8N4O4S/c1-7-6-10(16)15(11(7)17)8-4-2-3-5-9(8)20(18,19)14-13-12/h2-6H,1H3. The molecular formula is C11H8N4O4S. The quantitative estimate of drug-likeness (QED) is 0.362. The number of rotatable bonds is 3. The van der Waals surface area contributed by atoms with E-state index in [1.165, 1.54) is 25.1 Å². The Morgan fingerprint density at radius 2 is 1.90 bits per heavy atom. The molecule has 2 amide bonds. The average Bonchev–Trinajstić information content (AvgIpc) is 2.63. The monoisotopic (exact) mass is 292 g/mol. The Balaban J connectivity index is 2.64. The van der Waals surface area contributed by atoms with Crippen LogP contribution in [-0.4, -0.2) is 20.2 Å². The first-order valence-electron chi connectivity index (χ1n) is 5.35. The zero-order valence-corrected chi connectivity index (χ0v) is 11.0. The molecule has 1 aromatic carbocycles. The second-order valence-electron chi connectivity index (χ2n) is 3.92. The van der Waals surface area contributed by atoms with Crippen LogP contribution in [0.25, 0.3) is 10.4 Å². The molecule has 0 aromatic heterocycles. The van der Waals surface area contributed by atoms with Crippen LogP contribution >= 0.6 is 0 Å². The average molecular weight is 292 g/mol. The lowest BCUT2D eigenvalue weighted by molar-refractivity contribution is -0.120. The number of hydrogen-bond donors (Lipinski definition) is 0. The molecule has 0 spiro atoms. The van der Waals surface area contributed by atoms with E-state index in [4.69, 9.17) is 5.53 Å². The number of para-hydroxylation sites is 1. The van der Waals surface area contributed by atoms with Crippen LogP contribution < -0.4 is 4.90 Å². The van der Waals surface area contributed by atoms with Crippen LogP contribution in [0.4, 0.5) is 5.69 Å². The topological polar surface area (TPSA) is 120 Å². The van der Waals surface area contributed by atoms with E-state index in [1.807, 2.05) is 0 Å². The highest BCUT2D eigenvalue weighted by molar-refractivity contribution is 7.90. The van der Waals surface area contributed by atoms with E-state index < -0.39 is 26.7 Å². The zero-order valence-electron chi connectivity index (χ0n) is 10.2. The summed E-state index contributed by atoms with van der Waals surface area (Å²) in [5.41, 5.74) is 8.35. The summed E-state index contributed by atoms with van der Waals surface area (Å²) >= 11 is 0. The number of hydrogen-bond acceptors (Lipinski definition) is 4. The second-order valence-corrected chi connectivity index (χ2v) is 5.47. The summed E-state index contributed by atoms with van der Waals surface area (Å²) in [5.74, 6) is -1.25. The third-order valence-corrected chi connectivity index (χ3v) is 3.82. The van der Waals surface area contributed by atoms with Gasteiger partial charge in [-0.3, -0.25) is 9.59 Å². The third kappa shape index (κ3) is 2.15. The first kappa shape index (κ1) is 13.8. The van der Waals surface area contributed by atoms with Crippen molar-refractivity contribution in [3.8, 4) is 0 Å². The van der Waals surface area contributed by atoms with Crippen LogP contribution in [0.15, 0.2) is 45.3 Å². The molecule has 102 valence electrons. The van der Waals surface area contributed by atoms with Crippen LogP contribution in [-0.2, 0) is 19.6 Å². The number of imide groups is 1. The Bertz CT molecular complexity index is 790. The molecule has 1 heterocycles. The molecule has 0 bridgehead atoms. The van der Waals surface area contributed by atoms with Gasteiger partial charge in [0.2, 0.25) is 0 Å². The Labute approximate surface area is 114 Å². The Hall–Kier alpha value is -2.64. The van der Waals surface area contributed by atoms with Gasteiger partial charge in [0.15, 0.2) is 0 Å². The highest BCUT2D eigenvalue weighted by Crippen LogP contribution is 2.30. The van der Waals surface area contributed by atoms with Crippen molar-refractivity contribution in [2.45, 2.75) is 11.8 Å². The SMILES string of the molecule is CC1=CC(=O)N(c2ccccc2S(=O)(=O)N=[N+]=[N-])C1=O. The Morgan fingerprint density at radius 1 is 1.25 bits per heavy atom. The lowest BCUT2D eigenvalue weighted by Gasteiger charge is -2.17. The predicted octanol–water partition coefficient (Wildman–Crippen LogP) is 1.51. The molecule has 20 heavy (non-hydrogen) atoms. The number of sulfonamides is 1. The molecular weight excluding hydrogens is 284 g/mol. The fourth-order valence-electron chi connectivity index (χ4n) is 1.77. The van der Waals surface area contributed by atoms with E-state index in [9.17, 15) is 18.0 Å². The maximum Gasteiger partial charge on any atom is 0.266 e. The van der Waals surface area contributed by atoms with Crippen molar-refractivity contribution in [3.05, 3.63) is 46.4 Å². The normalized spacial score (nSPS) is 15.1. The molecule has 8 nitrogen and oxygen atoms in total. The lowest BCUT2D eigenvalue weighted by atomic mass is 10.3. The van der Waals surface area contributed by atoms with E-state index in [1.54, 1.807) is 0 Å². The molecule has 1 aromatic rings. The van der Waals surface area contributed by atoms with Crippen molar-refractivity contribution in [1.29, 1.82) is 0 Å². The summed E-state index contributed by atoms with van der Waals surface area (Å²) in [6.45, 7) is 1.45. The summed E-state index contributed by atoms with van der Waals surface area (Å²) in [5, 5.41) is 0. The van der Waals surface area contributed by atoms with Crippen molar-refractivity contribution in [1.82, 2.24) is 0 Å². The van der Waals surface area contributed by atoms with Gasteiger partial charge >= 0.3 is 0 Å². The molecule has 0 atom stereocenters. The summed E-state index contributed by atoms with van der Waals surface area (Å²) in [7, 11) is -4.30. The van der Waals surface area contributed by atoms with Crippen molar-refractivity contribution >= 4 is 27.5 Å². The minimum absolute atomic E-state index is 0.136. The minimum Gasteiger partial charge on any atom is -0.269 e. The maximum absolute atomic E-state index is 11.9. The van der Waals surface area contributed by atoms with Crippen molar-refractivity contribution in [3.63, 3.8) is 0 Å². The summed E-state index contributed by atoms with van der Waals surface area (Å²) in [4.78, 5) is 26.2. The number of nitrogens with zero attached hydrogens (tertiary/aromatic N) is 4. The first-order chi connectivity index (χ1) is 9.38. The van der Waals surface area contributed by atoms with Gasteiger partial charge in [-0.15, -0.1) is 0 Å². The smallest absolute Gasteiger partial charge is 0.266 e. The summed E-state index contributed by atoms with van der Waals surface area (Å²) in [6, 6.07) is 5.32. The van der Waals surface area contributed by atoms with Gasteiger partial charge in [-0.2, -0.15) is 0 Å². The van der Waals surface area contributed by atoms with Gasteiger partial charge in [0.05, 0.1) is 10.6 Å². The van der Waals surface area contributed by atoms with E-state index in [0.717, 1.165) is 17.0 Å². The van der Waals surface area contributed by atoms with Gasteiger partial charge in [0.1, 0.15) is 0 Å². The fourth-order valence-corrected chi connectivity index (χ4v) is 2.63. The van der Waals surface area contributed by atoms with Crippen LogP contribution in [0.5, 0.6) is 0 Å². The molecule has 0 N–H and O–H groups in total. The maximum atomic E-state index is 11.9. The molecule has 1 aliphatic rings. The number of azide groups is 1. The van der Waals surface area contributed by atoms with Gasteiger partial charge in [0.25, 0.3) is 21.8 Å². The van der Waals surface area contributed by atoms with Crippen LogP contribution in [0.3, 0.4) is 0 Å². The zero-order chi connectivity index (χ0) is 14.9. The largest absolute Gasteiger partial charge is 0.269 e. The molecule has 0 aliphatic carbocycles. The Kier molecular flexibility index (Phi) is 3.31. The van der Waals surface area contributed by atoms with Crippen molar-refractivity contribution in [2.24, 2.45) is 4.52 Å². The first-order valence-corrected chi connectivity index (χ1v) is 6.79. The minimum atomic E-state index is -4.30. The number of carbonyl (C=O) groups is 2. The third-order valence-electron chi connectivity index (χ3n) is 2.63. The highest BCUT2D eigenvalue weighted by atomic mass is 32.2. The summed E-state index contributed by atoms with van der Waals surface area (Å²) < 4.78 is 26.4. The van der Waals surface area contributed by atoms with Gasteiger partial charge < -0.3 is 0 Å². The number of amides is 2.